The van der Waals surface area contributed by atoms with Crippen molar-refractivity contribution in [1.82, 2.24) is 15.5 Å². The van der Waals surface area contributed by atoms with Crippen molar-refractivity contribution in [3.63, 3.8) is 0 Å². The summed E-state index contributed by atoms with van der Waals surface area (Å²) in [5.41, 5.74) is 0.121. The largest absolute Gasteiger partial charge is 0.339 e. The Kier molecular flexibility index (Phi) is 3.85. The van der Waals surface area contributed by atoms with Crippen molar-refractivity contribution in [3.05, 3.63) is 11.7 Å². The molecule has 1 N–H and O–H groups in total. The molecule has 0 aliphatic carbocycles. The fourth-order valence-electron chi connectivity index (χ4n) is 1.54. The summed E-state index contributed by atoms with van der Waals surface area (Å²) in [5, 5.41) is 7.32. The van der Waals surface area contributed by atoms with Gasteiger partial charge in [0.25, 0.3) is 0 Å². The van der Waals surface area contributed by atoms with E-state index in [0.717, 1.165) is 18.7 Å². The number of rotatable bonds is 4. The molecule has 0 amide bonds. The van der Waals surface area contributed by atoms with Crippen LogP contribution in [0.3, 0.4) is 0 Å². The summed E-state index contributed by atoms with van der Waals surface area (Å²) in [6, 6.07) is 0.393. The number of aromatic nitrogens is 2. The van der Waals surface area contributed by atoms with Crippen molar-refractivity contribution in [3.8, 4) is 0 Å². The molecular weight excluding hydrogens is 190 g/mol. The van der Waals surface area contributed by atoms with Crippen molar-refractivity contribution in [2.45, 2.75) is 59.0 Å². The minimum absolute atomic E-state index is 0.121. The molecule has 1 unspecified atom stereocenters. The first-order chi connectivity index (χ1) is 6.90. The first kappa shape index (κ1) is 12.2. The van der Waals surface area contributed by atoms with E-state index in [-0.39, 0.29) is 5.54 Å². The van der Waals surface area contributed by atoms with E-state index in [9.17, 15) is 0 Å². The highest BCUT2D eigenvalue weighted by atomic mass is 16.5. The van der Waals surface area contributed by atoms with Gasteiger partial charge < -0.3 is 9.84 Å². The van der Waals surface area contributed by atoms with Crippen LogP contribution in [0, 0.1) is 6.92 Å². The molecule has 0 aliphatic rings. The molecule has 1 aromatic heterocycles. The molecule has 15 heavy (non-hydrogen) atoms. The standard InChI is InChI=1S/C11H21N3O/c1-6-9(13-11(3,4)5)7-10-12-8(2)14-15-10/h9,13H,6-7H2,1-5H3. The third kappa shape index (κ3) is 4.42. The minimum Gasteiger partial charge on any atom is -0.339 e. The lowest BCUT2D eigenvalue weighted by Gasteiger charge is -2.26. The fourth-order valence-corrected chi connectivity index (χ4v) is 1.54. The van der Waals surface area contributed by atoms with Gasteiger partial charge in [0.1, 0.15) is 0 Å². The Morgan fingerprint density at radius 1 is 1.40 bits per heavy atom. The molecule has 0 fully saturated rings. The van der Waals surface area contributed by atoms with E-state index in [1.165, 1.54) is 0 Å². The Morgan fingerprint density at radius 3 is 2.47 bits per heavy atom. The second-order valence-corrected chi connectivity index (χ2v) is 4.94. The topological polar surface area (TPSA) is 51.0 Å². The van der Waals surface area contributed by atoms with Crippen molar-refractivity contribution in [2.75, 3.05) is 0 Å². The molecule has 0 spiro atoms. The van der Waals surface area contributed by atoms with Gasteiger partial charge in [-0.2, -0.15) is 4.98 Å². The van der Waals surface area contributed by atoms with Crippen LogP contribution < -0.4 is 5.32 Å². The predicted octanol–water partition coefficient (Wildman–Crippen LogP) is 2.09. The third-order valence-electron chi connectivity index (χ3n) is 2.12. The van der Waals surface area contributed by atoms with Gasteiger partial charge in [-0.1, -0.05) is 12.1 Å². The molecule has 0 aromatic carbocycles. The maximum Gasteiger partial charge on any atom is 0.228 e. The van der Waals surface area contributed by atoms with E-state index in [1.54, 1.807) is 0 Å². The average molecular weight is 211 g/mol. The molecule has 4 nitrogen and oxygen atoms in total. The van der Waals surface area contributed by atoms with Gasteiger partial charge in [-0.3, -0.25) is 0 Å². The van der Waals surface area contributed by atoms with Gasteiger partial charge >= 0.3 is 0 Å². The molecule has 0 saturated heterocycles. The second kappa shape index (κ2) is 4.75. The Hall–Kier alpha value is -0.900. The van der Waals surface area contributed by atoms with Crippen LogP contribution >= 0.6 is 0 Å². The van der Waals surface area contributed by atoms with E-state index in [1.807, 2.05) is 6.92 Å². The molecule has 86 valence electrons. The number of hydrogen-bond acceptors (Lipinski definition) is 4. The van der Waals surface area contributed by atoms with Gasteiger partial charge in [0.15, 0.2) is 5.82 Å². The summed E-state index contributed by atoms with van der Waals surface area (Å²) in [7, 11) is 0. The van der Waals surface area contributed by atoms with E-state index >= 15 is 0 Å². The quantitative estimate of drug-likeness (QED) is 0.828. The molecule has 1 rings (SSSR count). The van der Waals surface area contributed by atoms with Crippen LogP contribution in [0.1, 0.15) is 45.8 Å². The molecule has 0 bridgehead atoms. The Balaban J connectivity index is 2.54. The monoisotopic (exact) mass is 211 g/mol. The first-order valence-corrected chi connectivity index (χ1v) is 5.47. The van der Waals surface area contributed by atoms with Crippen molar-refractivity contribution in [2.24, 2.45) is 0 Å². The van der Waals surface area contributed by atoms with E-state index in [0.29, 0.717) is 11.9 Å². The third-order valence-corrected chi connectivity index (χ3v) is 2.12. The number of hydrogen-bond donors (Lipinski definition) is 1. The zero-order chi connectivity index (χ0) is 11.5. The van der Waals surface area contributed by atoms with Crippen LogP contribution in [0.5, 0.6) is 0 Å². The number of nitrogens with zero attached hydrogens (tertiary/aromatic N) is 2. The van der Waals surface area contributed by atoms with E-state index in [2.05, 4.69) is 43.2 Å². The maximum atomic E-state index is 5.11. The summed E-state index contributed by atoms with van der Waals surface area (Å²) in [4.78, 5) is 4.21. The summed E-state index contributed by atoms with van der Waals surface area (Å²) < 4.78 is 5.11. The molecular formula is C11H21N3O. The second-order valence-electron chi connectivity index (χ2n) is 4.94. The van der Waals surface area contributed by atoms with Gasteiger partial charge in [-0.05, 0) is 34.1 Å². The van der Waals surface area contributed by atoms with Gasteiger partial charge in [-0.15, -0.1) is 0 Å². The predicted molar refractivity (Wildman–Crippen MR) is 59.7 cm³/mol. The minimum atomic E-state index is 0.121. The maximum absolute atomic E-state index is 5.11. The summed E-state index contributed by atoms with van der Waals surface area (Å²) in [5.74, 6) is 1.42. The van der Waals surface area contributed by atoms with Crippen molar-refractivity contribution < 1.29 is 4.52 Å². The zero-order valence-electron chi connectivity index (χ0n) is 10.3. The van der Waals surface area contributed by atoms with Crippen LogP contribution in [0.4, 0.5) is 0 Å². The summed E-state index contributed by atoms with van der Waals surface area (Å²) in [6.45, 7) is 10.5. The Bertz CT molecular complexity index is 301. The van der Waals surface area contributed by atoms with Crippen LogP contribution in [-0.2, 0) is 6.42 Å². The van der Waals surface area contributed by atoms with Crippen LogP contribution in [-0.4, -0.2) is 21.7 Å². The lowest BCUT2D eigenvalue weighted by atomic mass is 10.0. The van der Waals surface area contributed by atoms with Crippen LogP contribution in [0.2, 0.25) is 0 Å². The first-order valence-electron chi connectivity index (χ1n) is 5.47. The smallest absolute Gasteiger partial charge is 0.228 e. The Morgan fingerprint density at radius 2 is 2.07 bits per heavy atom. The highest BCUT2D eigenvalue weighted by Gasteiger charge is 2.18. The molecule has 1 heterocycles. The Labute approximate surface area is 91.5 Å². The number of aryl methyl sites for hydroxylation is 1. The molecule has 1 atom stereocenters. The highest BCUT2D eigenvalue weighted by Crippen LogP contribution is 2.08. The van der Waals surface area contributed by atoms with Crippen LogP contribution in [0.25, 0.3) is 0 Å². The van der Waals surface area contributed by atoms with E-state index in [4.69, 9.17) is 4.52 Å². The van der Waals surface area contributed by atoms with Crippen molar-refractivity contribution in [1.29, 1.82) is 0 Å². The lowest BCUT2D eigenvalue weighted by molar-refractivity contribution is 0.312. The molecule has 0 aliphatic heterocycles. The fraction of sp³-hybridized carbons (Fsp3) is 0.818. The molecule has 0 saturated carbocycles. The normalized spacial score (nSPS) is 14.2. The molecule has 4 heteroatoms. The highest BCUT2D eigenvalue weighted by molar-refractivity contribution is 4.89. The van der Waals surface area contributed by atoms with Gasteiger partial charge in [-0.25, -0.2) is 0 Å². The zero-order valence-corrected chi connectivity index (χ0v) is 10.3. The summed E-state index contributed by atoms with van der Waals surface area (Å²) in [6.07, 6.45) is 1.85. The number of nitrogens with one attached hydrogen (secondary N) is 1. The van der Waals surface area contributed by atoms with Gasteiger partial charge in [0.2, 0.25) is 5.89 Å². The van der Waals surface area contributed by atoms with Gasteiger partial charge in [0, 0.05) is 18.0 Å². The van der Waals surface area contributed by atoms with E-state index < -0.39 is 0 Å². The summed E-state index contributed by atoms with van der Waals surface area (Å²) >= 11 is 0. The average Bonchev–Trinajstić information content (AvgIpc) is 2.47. The van der Waals surface area contributed by atoms with Crippen molar-refractivity contribution >= 4 is 0 Å². The van der Waals surface area contributed by atoms with Gasteiger partial charge in [0.05, 0.1) is 0 Å². The molecule has 1 aromatic rings. The lowest BCUT2D eigenvalue weighted by Crippen LogP contribution is -2.44. The van der Waals surface area contributed by atoms with Crippen LogP contribution in [0.15, 0.2) is 4.52 Å². The SMILES string of the molecule is CCC(Cc1nc(C)no1)NC(C)(C)C. The molecule has 0 radical (unpaired) electrons.